The second-order valence-corrected chi connectivity index (χ2v) is 5.68. The number of rotatable bonds is 6. The average Bonchev–Trinajstić information content (AvgIpc) is 2.67. The van der Waals surface area contributed by atoms with Gasteiger partial charge in [0.15, 0.2) is 0 Å². The second-order valence-electron chi connectivity index (χ2n) is 5.68. The van der Waals surface area contributed by atoms with Crippen LogP contribution in [0.2, 0.25) is 0 Å². The normalized spacial score (nSPS) is 10.3. The van der Waals surface area contributed by atoms with Gasteiger partial charge in [-0.1, -0.05) is 42.1 Å². The van der Waals surface area contributed by atoms with Crippen molar-refractivity contribution in [3.8, 4) is 28.4 Å². The third-order valence-electron chi connectivity index (χ3n) is 3.96. The summed E-state index contributed by atoms with van der Waals surface area (Å²) in [5.41, 5.74) is 2.28. The Kier molecular flexibility index (Phi) is 5.08. The highest BCUT2D eigenvalue weighted by Gasteiger charge is 2.06. The van der Waals surface area contributed by atoms with Crippen molar-refractivity contribution in [3.05, 3.63) is 77.9 Å². The third kappa shape index (κ3) is 3.95. The highest BCUT2D eigenvalue weighted by atomic mass is 16.5. The molecule has 0 aromatic heterocycles. The van der Waals surface area contributed by atoms with Crippen LogP contribution in [0, 0.1) is 0 Å². The van der Waals surface area contributed by atoms with Crippen molar-refractivity contribution in [2.45, 2.75) is 6.61 Å². The van der Waals surface area contributed by atoms with Crippen molar-refractivity contribution in [2.75, 3.05) is 7.11 Å². The van der Waals surface area contributed by atoms with E-state index in [-0.39, 0.29) is 5.56 Å². The van der Waals surface area contributed by atoms with Gasteiger partial charge in [-0.3, -0.25) is 0 Å². The largest absolute Gasteiger partial charge is 0.872 e. The number of ether oxygens (including phenoxy) is 2. The van der Waals surface area contributed by atoms with Crippen LogP contribution in [0.15, 0.2) is 66.7 Å². The molecule has 1 N–H and O–H groups in total. The summed E-state index contributed by atoms with van der Waals surface area (Å²) in [6, 6.07) is 19.2. The molecule has 0 aliphatic carbocycles. The summed E-state index contributed by atoms with van der Waals surface area (Å²) < 4.78 is 10.9. The monoisotopic (exact) mass is 349 g/mol. The summed E-state index contributed by atoms with van der Waals surface area (Å²) in [6.07, 6.45) is 0. The number of benzene rings is 3. The van der Waals surface area contributed by atoms with Gasteiger partial charge in [0, 0.05) is 0 Å². The Labute approximate surface area is 151 Å². The van der Waals surface area contributed by atoms with Crippen molar-refractivity contribution in [3.63, 3.8) is 0 Å². The Morgan fingerprint density at radius 2 is 1.54 bits per heavy atom. The molecule has 0 saturated heterocycles. The fraction of sp³-hybridized carbons (Fsp3) is 0.0952. The van der Waals surface area contributed by atoms with Gasteiger partial charge in [0.25, 0.3) is 0 Å². The smallest absolute Gasteiger partial charge is 0.335 e. The molecule has 0 aliphatic rings. The quantitative estimate of drug-likeness (QED) is 0.734. The lowest BCUT2D eigenvalue weighted by Crippen LogP contribution is -2.03. The van der Waals surface area contributed by atoms with Crippen LogP contribution in [0.25, 0.3) is 11.1 Å². The minimum Gasteiger partial charge on any atom is -0.872 e. The fourth-order valence-electron chi connectivity index (χ4n) is 2.51. The van der Waals surface area contributed by atoms with Crippen molar-refractivity contribution >= 4 is 5.97 Å². The Bertz CT molecular complexity index is 899. The molecule has 3 aromatic carbocycles. The Morgan fingerprint density at radius 1 is 0.923 bits per heavy atom. The molecule has 0 bridgehead atoms. The second kappa shape index (κ2) is 7.61. The first-order valence-electron chi connectivity index (χ1n) is 7.97. The minimum atomic E-state index is -1.22. The fourth-order valence-corrected chi connectivity index (χ4v) is 2.51. The molecule has 5 nitrogen and oxygen atoms in total. The molecule has 0 atom stereocenters. The van der Waals surface area contributed by atoms with E-state index in [1.165, 1.54) is 12.1 Å². The summed E-state index contributed by atoms with van der Waals surface area (Å²) in [7, 11) is 1.62. The zero-order valence-electron chi connectivity index (χ0n) is 14.1. The maximum absolute atomic E-state index is 11.8. The van der Waals surface area contributed by atoms with Gasteiger partial charge >= 0.3 is 5.97 Å². The first-order valence-corrected chi connectivity index (χ1v) is 7.97. The Hall–Kier alpha value is -3.47. The van der Waals surface area contributed by atoms with Gasteiger partial charge in [-0.25, -0.2) is 4.79 Å². The highest BCUT2D eigenvalue weighted by molar-refractivity contribution is 5.91. The summed E-state index contributed by atoms with van der Waals surface area (Å²) in [5.74, 6) is -0.225. The van der Waals surface area contributed by atoms with Crippen LogP contribution in [0.3, 0.4) is 0 Å². The van der Waals surface area contributed by atoms with E-state index in [0.29, 0.717) is 17.9 Å². The summed E-state index contributed by atoms with van der Waals surface area (Å²) in [5, 5.41) is 20.7. The van der Waals surface area contributed by atoms with E-state index in [2.05, 4.69) is 0 Å². The van der Waals surface area contributed by atoms with Gasteiger partial charge in [-0.05, 0) is 47.0 Å². The number of methoxy groups -OCH3 is 1. The van der Waals surface area contributed by atoms with E-state index in [9.17, 15) is 9.90 Å². The van der Waals surface area contributed by atoms with E-state index >= 15 is 0 Å². The van der Waals surface area contributed by atoms with Gasteiger partial charge in [0.05, 0.1) is 12.7 Å². The molecular formula is C21H17O5-. The molecule has 3 rings (SSSR count). The molecule has 0 aliphatic heterocycles. The lowest BCUT2D eigenvalue weighted by atomic mass is 10.0. The number of carboxylic acid groups (broad SMARTS) is 1. The van der Waals surface area contributed by atoms with Crippen LogP contribution in [-0.2, 0) is 6.61 Å². The maximum Gasteiger partial charge on any atom is 0.335 e. The average molecular weight is 349 g/mol. The molecule has 3 aromatic rings. The van der Waals surface area contributed by atoms with Crippen LogP contribution in [0.5, 0.6) is 17.2 Å². The predicted octanol–water partition coefficient (Wildman–Crippen LogP) is 3.71. The molecule has 132 valence electrons. The zero-order chi connectivity index (χ0) is 18.5. The van der Waals surface area contributed by atoms with Crippen LogP contribution in [0.1, 0.15) is 15.9 Å². The molecule has 26 heavy (non-hydrogen) atoms. The first-order chi connectivity index (χ1) is 12.6. The van der Waals surface area contributed by atoms with Gasteiger partial charge in [0.1, 0.15) is 18.1 Å². The lowest BCUT2D eigenvalue weighted by molar-refractivity contribution is -0.268. The van der Waals surface area contributed by atoms with Crippen molar-refractivity contribution in [1.82, 2.24) is 0 Å². The van der Waals surface area contributed by atoms with E-state index < -0.39 is 11.7 Å². The highest BCUT2D eigenvalue weighted by Crippen LogP contribution is 2.27. The molecule has 0 heterocycles. The molecule has 0 radical (unpaired) electrons. The van der Waals surface area contributed by atoms with Crippen LogP contribution in [-0.4, -0.2) is 18.2 Å². The summed E-state index contributed by atoms with van der Waals surface area (Å²) in [6.45, 7) is 0.432. The third-order valence-corrected chi connectivity index (χ3v) is 3.96. The molecular weight excluding hydrogens is 332 g/mol. The van der Waals surface area contributed by atoms with Gasteiger partial charge < -0.3 is 19.7 Å². The molecule has 0 unspecified atom stereocenters. The van der Waals surface area contributed by atoms with Crippen molar-refractivity contribution in [2.24, 2.45) is 0 Å². The molecule has 0 fully saturated rings. The predicted molar refractivity (Wildman–Crippen MR) is 95.6 cm³/mol. The van der Waals surface area contributed by atoms with E-state index in [4.69, 9.17) is 14.6 Å². The Morgan fingerprint density at radius 3 is 2.12 bits per heavy atom. The van der Waals surface area contributed by atoms with E-state index in [0.717, 1.165) is 16.9 Å². The van der Waals surface area contributed by atoms with Gasteiger partial charge in [-0.2, -0.15) is 0 Å². The molecule has 5 heteroatoms. The SMILES string of the molecule is COc1ccc(COc2ccc(-c3ccc(C(=O)O)c([O-])c3)cc2)cc1. The van der Waals surface area contributed by atoms with E-state index in [1.807, 2.05) is 48.5 Å². The Balaban J connectivity index is 1.68. The van der Waals surface area contributed by atoms with Crippen LogP contribution >= 0.6 is 0 Å². The minimum absolute atomic E-state index is 0.229. The molecule has 0 saturated carbocycles. The summed E-state index contributed by atoms with van der Waals surface area (Å²) >= 11 is 0. The van der Waals surface area contributed by atoms with E-state index in [1.54, 1.807) is 13.2 Å². The number of carboxylic acids is 1. The van der Waals surface area contributed by atoms with Crippen molar-refractivity contribution < 1.29 is 24.5 Å². The topological polar surface area (TPSA) is 78.8 Å². The zero-order valence-corrected chi connectivity index (χ0v) is 14.1. The number of hydrogen-bond donors (Lipinski definition) is 1. The first kappa shape index (κ1) is 17.4. The molecule has 0 spiro atoms. The molecule has 0 amide bonds. The van der Waals surface area contributed by atoms with Crippen LogP contribution in [0.4, 0.5) is 0 Å². The van der Waals surface area contributed by atoms with Crippen molar-refractivity contribution in [1.29, 1.82) is 0 Å². The van der Waals surface area contributed by atoms with Gasteiger partial charge in [-0.15, -0.1) is 0 Å². The number of aromatic carboxylic acids is 1. The van der Waals surface area contributed by atoms with Crippen LogP contribution < -0.4 is 14.6 Å². The number of hydrogen-bond acceptors (Lipinski definition) is 4. The standard InChI is InChI=1S/C21H18O5/c1-25-17-7-2-14(3-8-17)13-26-18-9-4-15(5-10-18)16-6-11-19(21(23)24)20(22)12-16/h2-12,22H,13H2,1H3,(H,23,24)/p-1. The number of carbonyl (C=O) groups is 1. The van der Waals surface area contributed by atoms with Gasteiger partial charge in [0.2, 0.25) is 0 Å². The maximum atomic E-state index is 11.8. The lowest BCUT2D eigenvalue weighted by Gasteiger charge is -2.13. The summed E-state index contributed by atoms with van der Waals surface area (Å²) in [4.78, 5) is 10.9.